The Morgan fingerprint density at radius 3 is 2.34 bits per heavy atom. The molecule has 3 saturated heterocycles. The van der Waals surface area contributed by atoms with Crippen LogP contribution in [-0.4, -0.2) is 108 Å². The van der Waals surface area contributed by atoms with Gasteiger partial charge in [-0.05, 0) is 124 Å². The third kappa shape index (κ3) is 9.93. The molecule has 370 valence electrons. The van der Waals surface area contributed by atoms with E-state index in [1.54, 1.807) is 45.6 Å². The molecule has 5 N–H and O–H groups in total. The number of nitrogens with one attached hydrogen (secondary N) is 3. The summed E-state index contributed by atoms with van der Waals surface area (Å²) in [6.45, 7) is 8.83. The predicted molar refractivity (Wildman–Crippen MR) is 268 cm³/mol. The van der Waals surface area contributed by atoms with E-state index in [1.807, 2.05) is 30.9 Å². The number of nitrogens with zero attached hydrogens (tertiary/aromatic N) is 4. The van der Waals surface area contributed by atoms with E-state index in [2.05, 4.69) is 45.6 Å². The van der Waals surface area contributed by atoms with Gasteiger partial charge in [-0.25, -0.2) is 22.8 Å². The Hall–Kier alpha value is -6.15. The van der Waals surface area contributed by atoms with Crippen molar-refractivity contribution in [3.63, 3.8) is 0 Å². The van der Waals surface area contributed by atoms with E-state index in [4.69, 9.17) is 21.4 Å². The number of hydrogen-bond donors (Lipinski definition) is 5. The highest BCUT2D eigenvalue weighted by molar-refractivity contribution is 7.88. The van der Waals surface area contributed by atoms with Crippen LogP contribution < -0.4 is 30.5 Å². The van der Waals surface area contributed by atoms with E-state index in [0.717, 1.165) is 66.3 Å². The van der Waals surface area contributed by atoms with Crippen molar-refractivity contribution in [3.05, 3.63) is 100 Å². The van der Waals surface area contributed by atoms with E-state index in [1.165, 1.54) is 5.56 Å². The van der Waals surface area contributed by atoms with Gasteiger partial charge in [0.2, 0.25) is 21.8 Å². The number of likely N-dealkylation sites (tertiary alicyclic amines) is 1. The number of carbonyl (C=O) groups is 5. The highest BCUT2D eigenvalue weighted by atomic mass is 35.5. The number of ether oxygens (including phenoxy) is 1. The molecule has 5 heterocycles. The molecule has 0 spiro atoms. The summed E-state index contributed by atoms with van der Waals surface area (Å²) in [5.74, 6) is -2.57. The van der Waals surface area contributed by atoms with Gasteiger partial charge in [0, 0.05) is 55.1 Å². The molecule has 0 radical (unpaired) electrons. The summed E-state index contributed by atoms with van der Waals surface area (Å²) < 4.78 is 35.0. The Morgan fingerprint density at radius 2 is 1.66 bits per heavy atom. The molecule has 0 bridgehead atoms. The number of piperidine rings is 3. The SMILES string of the molecule is C=C1N(C2CCC2)c2cc(C3CCN(C(=O)Nc4cccc(CS(=O)(=O)N5CC[C@@H](Nc6cccc(-c7sc(C(=O)O)c(OCC(=O)O)c7Cl)c6)CC5(C)C)c4)CC3)ccc2N1C1CCC(=O)NC1=O. The van der Waals surface area contributed by atoms with Crippen molar-refractivity contribution in [3.8, 4) is 16.2 Å². The average molecular weight is 1010 g/mol. The molecule has 1 aromatic heterocycles. The minimum Gasteiger partial charge on any atom is -0.479 e. The van der Waals surface area contributed by atoms with Crippen molar-refractivity contribution >= 4 is 85.5 Å². The molecule has 4 aliphatic heterocycles. The smallest absolute Gasteiger partial charge is 0.349 e. The third-order valence-electron chi connectivity index (χ3n) is 14.1. The minimum absolute atomic E-state index is 0.00369. The van der Waals surface area contributed by atoms with Crippen molar-refractivity contribution in [1.29, 1.82) is 0 Å². The largest absolute Gasteiger partial charge is 0.479 e. The van der Waals surface area contributed by atoms with Gasteiger partial charge in [-0.1, -0.05) is 48.5 Å². The number of aliphatic carboxylic acids is 1. The number of halogens is 1. The van der Waals surface area contributed by atoms with E-state index in [0.29, 0.717) is 60.1 Å². The number of carboxylic acids is 2. The van der Waals surface area contributed by atoms with Gasteiger partial charge < -0.3 is 40.3 Å². The number of amides is 4. The second kappa shape index (κ2) is 19.6. The third-order valence-corrected chi connectivity index (χ3v) is 17.8. The van der Waals surface area contributed by atoms with Crippen LogP contribution in [0.5, 0.6) is 5.75 Å². The second-order valence-electron chi connectivity index (χ2n) is 19.3. The zero-order chi connectivity index (χ0) is 49.6. The monoisotopic (exact) mass is 1010 g/mol. The summed E-state index contributed by atoms with van der Waals surface area (Å²) in [6.07, 6.45) is 6.46. The summed E-state index contributed by atoms with van der Waals surface area (Å²) in [6, 6.07) is 20.0. The number of sulfonamides is 1. The Kier molecular flexibility index (Phi) is 13.7. The van der Waals surface area contributed by atoms with Gasteiger partial charge >= 0.3 is 18.0 Å². The van der Waals surface area contributed by atoms with Gasteiger partial charge in [0.1, 0.15) is 16.9 Å². The number of aromatic carboxylic acids is 1. The Labute approximate surface area is 415 Å². The molecule has 4 aromatic rings. The molecular formula is C50H56ClN7O10S2. The first-order valence-electron chi connectivity index (χ1n) is 23.5. The zero-order valence-corrected chi connectivity index (χ0v) is 41.3. The number of hydrogen-bond acceptors (Lipinski definition) is 12. The van der Waals surface area contributed by atoms with Crippen LogP contribution in [0.4, 0.5) is 27.5 Å². The summed E-state index contributed by atoms with van der Waals surface area (Å²) in [5, 5.41) is 27.8. The summed E-state index contributed by atoms with van der Waals surface area (Å²) >= 11 is 7.42. The van der Waals surface area contributed by atoms with Gasteiger partial charge in [-0.3, -0.25) is 14.9 Å². The molecule has 3 aromatic carbocycles. The summed E-state index contributed by atoms with van der Waals surface area (Å²) in [5.41, 5.74) is 4.75. The summed E-state index contributed by atoms with van der Waals surface area (Å²) in [7, 11) is -3.80. The van der Waals surface area contributed by atoms with Crippen molar-refractivity contribution < 1.29 is 47.3 Å². The molecule has 17 nitrogen and oxygen atoms in total. The van der Waals surface area contributed by atoms with Crippen LogP contribution in [0, 0.1) is 0 Å². The number of carboxylic acid groups (broad SMARTS) is 2. The molecule has 1 saturated carbocycles. The van der Waals surface area contributed by atoms with Gasteiger partial charge in [-0.2, -0.15) is 4.31 Å². The molecule has 5 aliphatic rings. The molecule has 20 heteroatoms. The fourth-order valence-electron chi connectivity index (χ4n) is 10.6. The number of benzene rings is 3. The van der Waals surface area contributed by atoms with Gasteiger partial charge in [-0.15, -0.1) is 11.3 Å². The average Bonchev–Trinajstić information content (AvgIpc) is 3.77. The van der Waals surface area contributed by atoms with Crippen LogP contribution in [-0.2, 0) is 30.2 Å². The molecular weight excluding hydrogens is 958 g/mol. The zero-order valence-electron chi connectivity index (χ0n) is 38.9. The number of carbonyl (C=O) groups excluding carboxylic acids is 3. The highest BCUT2D eigenvalue weighted by Crippen LogP contribution is 2.50. The molecule has 9 rings (SSSR count). The van der Waals surface area contributed by atoms with Gasteiger partial charge in [0.25, 0.3) is 0 Å². The number of urea groups is 1. The second-order valence-corrected chi connectivity index (χ2v) is 22.6. The maximum Gasteiger partial charge on any atom is 0.349 e. The van der Waals surface area contributed by atoms with Crippen LogP contribution >= 0.6 is 22.9 Å². The van der Waals surface area contributed by atoms with Crippen LogP contribution in [0.1, 0.15) is 98.4 Å². The Bertz CT molecular complexity index is 2880. The first kappa shape index (κ1) is 48.9. The van der Waals surface area contributed by atoms with E-state index in [9.17, 15) is 37.5 Å². The maximum absolute atomic E-state index is 14.1. The molecule has 1 unspecified atom stereocenters. The minimum atomic E-state index is -3.80. The number of thiophene rings is 1. The van der Waals surface area contributed by atoms with E-state index >= 15 is 0 Å². The van der Waals surface area contributed by atoms with Crippen molar-refractivity contribution in [2.24, 2.45) is 0 Å². The maximum atomic E-state index is 14.1. The van der Waals surface area contributed by atoms with Crippen LogP contribution in [0.3, 0.4) is 0 Å². The Morgan fingerprint density at radius 1 is 0.914 bits per heavy atom. The molecule has 4 fully saturated rings. The van der Waals surface area contributed by atoms with Crippen LogP contribution in [0.2, 0.25) is 5.02 Å². The Balaban J connectivity index is 0.794. The van der Waals surface area contributed by atoms with E-state index in [-0.39, 0.29) is 64.2 Å². The number of rotatable bonds is 14. The first-order valence-corrected chi connectivity index (χ1v) is 26.3. The molecule has 70 heavy (non-hydrogen) atoms. The lowest BCUT2D eigenvalue weighted by Crippen LogP contribution is -2.55. The topological polar surface area (TPSA) is 218 Å². The fraction of sp³-hybridized carbons (Fsp3) is 0.420. The fourth-order valence-corrected chi connectivity index (χ4v) is 13.9. The lowest BCUT2D eigenvalue weighted by Gasteiger charge is -2.45. The van der Waals surface area contributed by atoms with Crippen molar-refractivity contribution in [2.45, 2.75) is 107 Å². The lowest BCUT2D eigenvalue weighted by molar-refractivity contribution is -0.139. The van der Waals surface area contributed by atoms with Crippen LogP contribution in [0.25, 0.3) is 10.4 Å². The van der Waals surface area contributed by atoms with Crippen molar-refractivity contribution in [1.82, 2.24) is 14.5 Å². The molecule has 2 atom stereocenters. The molecule has 4 amide bonds. The quantitative estimate of drug-likeness (QED) is 0.0753. The highest BCUT2D eigenvalue weighted by Gasteiger charge is 2.45. The standard InChI is InChI=1S/C50H56ClN7O10S2/c1-29-57(37-11-6-12-37)40-25-32(13-14-38(40)58(29)39-15-16-41(59)54-47(39)62)31-17-20-55(21-18-31)49(65)53-34-9-4-7-30(23-34)28-70(66,67)56-22-19-36(26-50(56,2)3)52-35-10-5-8-33(24-35)45-43(51)44(68-27-42(60)61)46(69-45)48(63)64/h4-5,7-10,13-14,23-25,31,36-37,39,52H,1,6,11-12,15-22,26-28H2,2-3H3,(H,53,65)(H,60,61)(H,63,64)(H,54,59,62)/t36-,39?/m1/s1. The summed E-state index contributed by atoms with van der Waals surface area (Å²) in [4.78, 5) is 67.9. The van der Waals surface area contributed by atoms with Crippen LogP contribution in [0.15, 0.2) is 79.1 Å². The lowest BCUT2D eigenvalue weighted by atomic mass is 9.88. The predicted octanol–water partition coefficient (Wildman–Crippen LogP) is 8.28. The number of anilines is 4. The number of imide groups is 1. The molecule has 1 aliphatic carbocycles. The van der Waals surface area contributed by atoms with E-state index < -0.39 is 40.1 Å². The van der Waals surface area contributed by atoms with Crippen molar-refractivity contribution in [2.75, 3.05) is 46.7 Å². The van der Waals surface area contributed by atoms with Gasteiger partial charge in [0.05, 0.1) is 22.0 Å². The van der Waals surface area contributed by atoms with Gasteiger partial charge in [0.15, 0.2) is 17.2 Å². The number of fused-ring (bicyclic) bond motifs is 1. The first-order chi connectivity index (χ1) is 33.4. The normalized spacial score (nSPS) is 21.0.